The van der Waals surface area contributed by atoms with Crippen LogP contribution < -0.4 is 4.74 Å². The summed E-state index contributed by atoms with van der Waals surface area (Å²) >= 11 is 6.43. The number of pyridine rings is 1. The number of aromatic nitrogens is 4. The van der Waals surface area contributed by atoms with E-state index in [0.29, 0.717) is 31.4 Å². The molecule has 2 aromatic heterocycles. The summed E-state index contributed by atoms with van der Waals surface area (Å²) < 4.78 is 26.2. The minimum atomic E-state index is -0.101. The van der Waals surface area contributed by atoms with Gasteiger partial charge in [0.1, 0.15) is 17.8 Å². The Morgan fingerprint density at radius 2 is 1.82 bits per heavy atom. The lowest BCUT2D eigenvalue weighted by Gasteiger charge is -2.28. The lowest BCUT2D eigenvalue weighted by molar-refractivity contribution is -0.171. The van der Waals surface area contributed by atoms with Crippen LogP contribution in [0.1, 0.15) is 68.1 Å². The van der Waals surface area contributed by atoms with Crippen LogP contribution in [0.15, 0.2) is 42.6 Å². The largest absolute Gasteiger partial charge is 0.474 e. The molecule has 2 unspecified atom stereocenters. The van der Waals surface area contributed by atoms with Gasteiger partial charge in [-0.25, -0.2) is 4.98 Å². The van der Waals surface area contributed by atoms with Crippen molar-refractivity contribution in [3.8, 4) is 11.6 Å². The zero-order valence-electron chi connectivity index (χ0n) is 21.6. The summed E-state index contributed by atoms with van der Waals surface area (Å²) in [5.41, 5.74) is 2.26. The van der Waals surface area contributed by atoms with Crippen LogP contribution in [0.4, 0.5) is 0 Å². The van der Waals surface area contributed by atoms with Gasteiger partial charge in [0.25, 0.3) is 0 Å². The SMILES string of the molecule is Clc1ccc2c(c1)CC(OCCOC1CCCCO1)Cc1nnc(C3CCC(Oc4ccccn4)CC3)n1-2. The minimum Gasteiger partial charge on any atom is -0.474 e. The van der Waals surface area contributed by atoms with E-state index < -0.39 is 0 Å². The third kappa shape index (κ3) is 6.04. The molecule has 1 saturated carbocycles. The van der Waals surface area contributed by atoms with Gasteiger partial charge in [0.05, 0.1) is 25.0 Å². The number of ether oxygens (including phenoxy) is 4. The molecule has 4 heterocycles. The number of rotatable bonds is 8. The van der Waals surface area contributed by atoms with E-state index >= 15 is 0 Å². The molecule has 1 aromatic carbocycles. The van der Waals surface area contributed by atoms with Gasteiger partial charge in [-0.15, -0.1) is 10.2 Å². The Bertz CT molecular complexity index is 1190. The van der Waals surface area contributed by atoms with Gasteiger partial charge in [0.15, 0.2) is 6.29 Å². The van der Waals surface area contributed by atoms with Crippen molar-refractivity contribution < 1.29 is 18.9 Å². The first kappa shape index (κ1) is 25.7. The summed E-state index contributed by atoms with van der Waals surface area (Å²) in [4.78, 5) is 4.31. The zero-order chi connectivity index (χ0) is 25.7. The van der Waals surface area contributed by atoms with Crippen LogP contribution in [0.5, 0.6) is 5.88 Å². The van der Waals surface area contributed by atoms with Crippen LogP contribution in [0, 0.1) is 0 Å². The van der Waals surface area contributed by atoms with Gasteiger partial charge in [0, 0.05) is 42.7 Å². The molecule has 1 saturated heterocycles. The van der Waals surface area contributed by atoms with Gasteiger partial charge in [-0.3, -0.25) is 4.57 Å². The van der Waals surface area contributed by atoms with E-state index in [9.17, 15) is 0 Å². The maximum absolute atomic E-state index is 6.43. The monoisotopic (exact) mass is 538 g/mol. The lowest BCUT2D eigenvalue weighted by atomic mass is 9.86. The van der Waals surface area contributed by atoms with Crippen LogP contribution in [0.3, 0.4) is 0 Å². The van der Waals surface area contributed by atoms with Crippen LogP contribution in [0.25, 0.3) is 5.69 Å². The van der Waals surface area contributed by atoms with Crippen molar-refractivity contribution in [1.29, 1.82) is 0 Å². The molecule has 9 heteroatoms. The maximum Gasteiger partial charge on any atom is 0.213 e. The second kappa shape index (κ2) is 12.1. The van der Waals surface area contributed by atoms with E-state index in [1.54, 1.807) is 6.20 Å². The summed E-state index contributed by atoms with van der Waals surface area (Å²) in [5.74, 6) is 2.98. The molecule has 2 fully saturated rings. The smallest absolute Gasteiger partial charge is 0.213 e. The number of halogens is 1. The summed E-state index contributed by atoms with van der Waals surface area (Å²) in [7, 11) is 0. The van der Waals surface area contributed by atoms with Gasteiger partial charge >= 0.3 is 0 Å². The highest BCUT2D eigenvalue weighted by molar-refractivity contribution is 6.30. The Balaban J connectivity index is 1.13. The quantitative estimate of drug-likeness (QED) is 0.353. The molecule has 1 aliphatic carbocycles. The van der Waals surface area contributed by atoms with E-state index in [4.69, 9.17) is 35.6 Å². The number of nitrogens with zero attached hydrogens (tertiary/aromatic N) is 4. The molecule has 202 valence electrons. The molecule has 2 atom stereocenters. The van der Waals surface area contributed by atoms with E-state index in [0.717, 1.165) is 85.9 Å². The molecular weight excluding hydrogens is 504 g/mol. The highest BCUT2D eigenvalue weighted by atomic mass is 35.5. The fourth-order valence-electron chi connectivity index (χ4n) is 5.83. The molecule has 6 rings (SSSR count). The van der Waals surface area contributed by atoms with Crippen molar-refractivity contribution in [3.63, 3.8) is 0 Å². The molecule has 3 aromatic rings. The van der Waals surface area contributed by atoms with Crippen molar-refractivity contribution in [2.45, 2.75) is 82.2 Å². The molecule has 0 radical (unpaired) electrons. The first-order chi connectivity index (χ1) is 18.7. The first-order valence-corrected chi connectivity index (χ1v) is 14.3. The van der Waals surface area contributed by atoms with Crippen LogP contribution in [-0.4, -0.2) is 58.1 Å². The highest BCUT2D eigenvalue weighted by Gasteiger charge is 2.32. The Hall–Kier alpha value is -2.52. The average Bonchev–Trinajstić information content (AvgIpc) is 3.29. The second-order valence-electron chi connectivity index (χ2n) is 10.4. The minimum absolute atomic E-state index is 0.0242. The van der Waals surface area contributed by atoms with E-state index in [2.05, 4.69) is 26.8 Å². The lowest BCUT2D eigenvalue weighted by Crippen LogP contribution is -2.26. The third-order valence-corrected chi connectivity index (χ3v) is 7.97. The third-order valence-electron chi connectivity index (χ3n) is 7.74. The molecule has 0 spiro atoms. The van der Waals surface area contributed by atoms with Gasteiger partial charge in [-0.05, 0) is 74.8 Å². The Kier molecular flexibility index (Phi) is 8.21. The van der Waals surface area contributed by atoms with Crippen molar-refractivity contribution in [1.82, 2.24) is 19.7 Å². The number of hydrogen-bond acceptors (Lipinski definition) is 7. The summed E-state index contributed by atoms with van der Waals surface area (Å²) in [6.07, 6.45) is 10.4. The van der Waals surface area contributed by atoms with Crippen LogP contribution in [0.2, 0.25) is 5.02 Å². The molecular formula is C29H35ClN4O4. The highest BCUT2D eigenvalue weighted by Crippen LogP contribution is 2.37. The van der Waals surface area contributed by atoms with E-state index in [1.165, 1.54) is 0 Å². The van der Waals surface area contributed by atoms with Crippen LogP contribution in [-0.2, 0) is 27.1 Å². The number of hydrogen-bond donors (Lipinski definition) is 0. The maximum atomic E-state index is 6.43. The molecule has 0 N–H and O–H groups in total. The predicted molar refractivity (Wildman–Crippen MR) is 143 cm³/mol. The Morgan fingerprint density at radius 3 is 2.63 bits per heavy atom. The van der Waals surface area contributed by atoms with Crippen molar-refractivity contribution >= 4 is 11.6 Å². The fourth-order valence-corrected chi connectivity index (χ4v) is 6.02. The van der Waals surface area contributed by atoms with E-state index in [1.807, 2.05) is 24.3 Å². The Labute approximate surface area is 228 Å². The van der Waals surface area contributed by atoms with Crippen molar-refractivity contribution in [3.05, 3.63) is 64.8 Å². The molecule has 8 nitrogen and oxygen atoms in total. The van der Waals surface area contributed by atoms with E-state index in [-0.39, 0.29) is 18.5 Å². The fraction of sp³-hybridized carbons (Fsp3) is 0.552. The standard InChI is InChI=1S/C29H35ClN4O4/c30-22-9-12-25-21(17-22)18-24(35-15-16-37-28-6-2-4-14-36-28)19-26-32-33-29(34(25)26)20-7-10-23(11-8-20)38-27-5-1-3-13-31-27/h1,3,5,9,12-13,17,20,23-24,28H,2,4,6-8,10-11,14-16,18-19H2. The average molecular weight is 539 g/mol. The summed E-state index contributed by atoms with van der Waals surface area (Å²) in [6, 6.07) is 11.9. The molecule has 0 bridgehead atoms. The van der Waals surface area contributed by atoms with Crippen molar-refractivity contribution in [2.24, 2.45) is 0 Å². The Morgan fingerprint density at radius 1 is 0.921 bits per heavy atom. The van der Waals surface area contributed by atoms with Gasteiger partial charge < -0.3 is 18.9 Å². The second-order valence-corrected chi connectivity index (χ2v) is 10.8. The summed E-state index contributed by atoms with van der Waals surface area (Å²) in [6.45, 7) is 1.82. The van der Waals surface area contributed by atoms with Gasteiger partial charge in [-0.1, -0.05) is 17.7 Å². The van der Waals surface area contributed by atoms with Gasteiger partial charge in [-0.2, -0.15) is 0 Å². The molecule has 3 aliphatic rings. The predicted octanol–water partition coefficient (Wildman–Crippen LogP) is 5.45. The summed E-state index contributed by atoms with van der Waals surface area (Å²) in [5, 5.41) is 10.1. The first-order valence-electron chi connectivity index (χ1n) is 13.9. The molecule has 0 amide bonds. The van der Waals surface area contributed by atoms with Crippen LogP contribution >= 0.6 is 11.6 Å². The number of fused-ring (bicyclic) bond motifs is 3. The topological polar surface area (TPSA) is 80.5 Å². The molecule has 2 aliphatic heterocycles. The van der Waals surface area contributed by atoms with Crippen molar-refractivity contribution in [2.75, 3.05) is 19.8 Å². The van der Waals surface area contributed by atoms with Gasteiger partial charge in [0.2, 0.25) is 5.88 Å². The molecule has 38 heavy (non-hydrogen) atoms. The zero-order valence-corrected chi connectivity index (χ0v) is 22.4. The normalized spacial score (nSPS) is 25.3. The number of benzene rings is 1.